The molecule has 0 spiro atoms. The molecule has 1 amide bonds. The monoisotopic (exact) mass is 465 g/mol. The molecule has 10 heteroatoms. The molecule has 4 rings (SSSR count). The van der Waals surface area contributed by atoms with Gasteiger partial charge < -0.3 is 10.1 Å². The van der Waals surface area contributed by atoms with Gasteiger partial charge in [-0.25, -0.2) is 13.6 Å². The molecule has 2 aromatic carbocycles. The van der Waals surface area contributed by atoms with E-state index in [1.165, 1.54) is 39.5 Å². The molecule has 176 valence electrons. The van der Waals surface area contributed by atoms with Gasteiger partial charge in [0.2, 0.25) is 0 Å². The number of nitrogens with zero attached hydrogens (tertiary/aromatic N) is 2. The van der Waals surface area contributed by atoms with E-state index in [1.807, 2.05) is 0 Å². The predicted molar refractivity (Wildman–Crippen MR) is 115 cm³/mol. The summed E-state index contributed by atoms with van der Waals surface area (Å²) in [6, 6.07) is 10.1. The Morgan fingerprint density at radius 2 is 1.79 bits per heavy atom. The summed E-state index contributed by atoms with van der Waals surface area (Å²) in [5.41, 5.74) is 0.0407. The fraction of sp³-hybridized carbons (Fsp3) is 0.391. The summed E-state index contributed by atoms with van der Waals surface area (Å²) in [5, 5.41) is 2.66. The van der Waals surface area contributed by atoms with Crippen LogP contribution in [0.3, 0.4) is 0 Å². The molecule has 1 aliphatic rings. The third kappa shape index (κ3) is 4.34. The van der Waals surface area contributed by atoms with Crippen LogP contribution < -0.4 is 15.7 Å². The second-order valence-electron chi connectivity index (χ2n) is 8.89. The largest absolute Gasteiger partial charge is 0.435 e. The van der Waals surface area contributed by atoms with Crippen molar-refractivity contribution >= 4 is 16.9 Å². The van der Waals surface area contributed by atoms with Gasteiger partial charge in [-0.1, -0.05) is 6.07 Å². The molecule has 3 aromatic rings. The summed E-state index contributed by atoms with van der Waals surface area (Å²) in [4.78, 5) is 26.0. The molecule has 0 radical (unpaired) electrons. The van der Waals surface area contributed by atoms with Gasteiger partial charge in [-0.15, -0.1) is 0 Å². The summed E-state index contributed by atoms with van der Waals surface area (Å²) in [6.45, 7) is 2.15. The van der Waals surface area contributed by atoms with E-state index in [0.717, 1.165) is 0 Å². The summed E-state index contributed by atoms with van der Waals surface area (Å²) < 4.78 is 59.1. The molecule has 0 unspecified atom stereocenters. The number of imidazole rings is 1. The highest BCUT2D eigenvalue weighted by molar-refractivity contribution is 5.98. The van der Waals surface area contributed by atoms with Crippen molar-refractivity contribution in [3.8, 4) is 11.4 Å². The average Bonchev–Trinajstić information content (AvgIpc) is 2.96. The Morgan fingerprint density at radius 1 is 1.09 bits per heavy atom. The lowest BCUT2D eigenvalue weighted by Crippen LogP contribution is -2.60. The Morgan fingerprint density at radius 3 is 2.39 bits per heavy atom. The van der Waals surface area contributed by atoms with Crippen molar-refractivity contribution in [2.24, 2.45) is 0 Å². The normalized spacial score (nSPS) is 16.8. The molecule has 1 aliphatic carbocycles. The first kappa shape index (κ1) is 22.9. The Labute approximate surface area is 186 Å². The maximum absolute atomic E-state index is 13.3. The smallest absolute Gasteiger partial charge is 0.387 e. The van der Waals surface area contributed by atoms with E-state index in [0.29, 0.717) is 16.7 Å². The van der Waals surface area contributed by atoms with Crippen LogP contribution >= 0.6 is 0 Å². The molecule has 1 saturated carbocycles. The maximum Gasteiger partial charge on any atom is 0.387 e. The summed E-state index contributed by atoms with van der Waals surface area (Å²) in [6.07, 6.45) is -0.865. The highest BCUT2D eigenvalue weighted by atomic mass is 19.3. The lowest BCUT2D eigenvalue weighted by molar-refractivity contribution is -0.124. The minimum absolute atomic E-state index is 0.0959. The van der Waals surface area contributed by atoms with Crippen LogP contribution in [0.4, 0.5) is 17.6 Å². The van der Waals surface area contributed by atoms with E-state index in [4.69, 9.17) is 0 Å². The van der Waals surface area contributed by atoms with Crippen LogP contribution in [0.5, 0.6) is 5.75 Å². The first-order valence-electron chi connectivity index (χ1n) is 10.4. The molecule has 0 saturated heterocycles. The van der Waals surface area contributed by atoms with E-state index in [1.54, 1.807) is 32.9 Å². The predicted octanol–water partition coefficient (Wildman–Crippen LogP) is 4.89. The van der Waals surface area contributed by atoms with Crippen LogP contribution in [-0.2, 0) is 0 Å². The number of carbonyl (C=O) groups is 1. The standard InChI is InChI=1S/C23H23F4N3O3/c1-13(2)29-18-9-14(19(31)28-22(3)11-23(26,27)12-22)7-8-17(18)30(21(29)32)15-5-4-6-16(10-15)33-20(24)25/h4-10,13,20H,11-12H2,1-3H3,(H,28,31). The van der Waals surface area contributed by atoms with Gasteiger partial charge in [-0.2, -0.15) is 8.78 Å². The molecule has 1 heterocycles. The number of benzene rings is 2. The summed E-state index contributed by atoms with van der Waals surface area (Å²) in [7, 11) is 0. The molecule has 0 bridgehead atoms. The van der Waals surface area contributed by atoms with Crippen LogP contribution in [0.25, 0.3) is 16.7 Å². The van der Waals surface area contributed by atoms with Gasteiger partial charge in [-0.05, 0) is 51.1 Å². The van der Waals surface area contributed by atoms with Gasteiger partial charge in [0.25, 0.3) is 11.8 Å². The van der Waals surface area contributed by atoms with Crippen LogP contribution in [0.15, 0.2) is 47.3 Å². The van der Waals surface area contributed by atoms with Gasteiger partial charge in [0, 0.05) is 36.1 Å². The van der Waals surface area contributed by atoms with Crippen molar-refractivity contribution in [2.45, 2.75) is 57.7 Å². The van der Waals surface area contributed by atoms with Crippen molar-refractivity contribution < 1.29 is 27.1 Å². The van der Waals surface area contributed by atoms with E-state index < -0.39 is 42.5 Å². The molecule has 0 aliphatic heterocycles. The van der Waals surface area contributed by atoms with Crippen LogP contribution in [0, 0.1) is 0 Å². The Bertz CT molecular complexity index is 1270. The molecule has 6 nitrogen and oxygen atoms in total. The highest BCUT2D eigenvalue weighted by Crippen LogP contribution is 2.45. The molecule has 1 aromatic heterocycles. The summed E-state index contributed by atoms with van der Waals surface area (Å²) >= 11 is 0. The Hall–Kier alpha value is -3.30. The topological polar surface area (TPSA) is 65.3 Å². The van der Waals surface area contributed by atoms with E-state index in [2.05, 4.69) is 10.1 Å². The summed E-state index contributed by atoms with van der Waals surface area (Å²) in [5.74, 6) is -3.40. The number of carbonyl (C=O) groups excluding carboxylic acids is 1. The number of amides is 1. The molecular weight excluding hydrogens is 442 g/mol. The van der Waals surface area contributed by atoms with Crippen molar-refractivity contribution in [2.75, 3.05) is 0 Å². The number of rotatable bonds is 6. The Balaban J connectivity index is 1.76. The number of aromatic nitrogens is 2. The minimum atomic E-state index is -3.01. The number of ether oxygens (including phenoxy) is 1. The average molecular weight is 465 g/mol. The van der Waals surface area contributed by atoms with Crippen molar-refractivity contribution in [3.05, 3.63) is 58.5 Å². The van der Waals surface area contributed by atoms with Crippen molar-refractivity contribution in [1.29, 1.82) is 0 Å². The number of alkyl halides is 4. The minimum Gasteiger partial charge on any atom is -0.435 e. The van der Waals surface area contributed by atoms with Gasteiger partial charge in [0.1, 0.15) is 5.75 Å². The van der Waals surface area contributed by atoms with E-state index >= 15 is 0 Å². The number of fused-ring (bicyclic) bond motifs is 1. The second-order valence-corrected chi connectivity index (χ2v) is 8.89. The highest BCUT2D eigenvalue weighted by Gasteiger charge is 2.54. The number of hydrogen-bond acceptors (Lipinski definition) is 3. The first-order valence-corrected chi connectivity index (χ1v) is 10.4. The zero-order valence-corrected chi connectivity index (χ0v) is 18.2. The number of nitrogens with one attached hydrogen (secondary N) is 1. The zero-order chi connectivity index (χ0) is 24.1. The zero-order valence-electron chi connectivity index (χ0n) is 18.2. The van der Waals surface area contributed by atoms with Crippen LogP contribution in [-0.4, -0.2) is 33.1 Å². The molecular formula is C23H23F4N3O3. The van der Waals surface area contributed by atoms with Gasteiger partial charge in [0.15, 0.2) is 0 Å². The van der Waals surface area contributed by atoms with Gasteiger partial charge in [-0.3, -0.25) is 13.9 Å². The molecule has 0 atom stereocenters. The molecule has 33 heavy (non-hydrogen) atoms. The van der Waals surface area contributed by atoms with Crippen molar-refractivity contribution in [1.82, 2.24) is 14.5 Å². The third-order valence-electron chi connectivity index (χ3n) is 5.67. The fourth-order valence-corrected chi connectivity index (χ4v) is 4.43. The second kappa shape index (κ2) is 7.93. The van der Waals surface area contributed by atoms with Gasteiger partial charge >= 0.3 is 12.3 Å². The fourth-order valence-electron chi connectivity index (χ4n) is 4.43. The van der Waals surface area contributed by atoms with Gasteiger partial charge in [0.05, 0.1) is 16.7 Å². The number of hydrogen-bond donors (Lipinski definition) is 1. The third-order valence-corrected chi connectivity index (χ3v) is 5.67. The molecule has 1 N–H and O–H groups in total. The quantitative estimate of drug-likeness (QED) is 0.527. The van der Waals surface area contributed by atoms with Crippen molar-refractivity contribution in [3.63, 3.8) is 0 Å². The maximum atomic E-state index is 13.3. The van der Waals surface area contributed by atoms with Crippen LogP contribution in [0.2, 0.25) is 0 Å². The lowest BCUT2D eigenvalue weighted by atomic mass is 9.75. The first-order chi connectivity index (χ1) is 15.4. The lowest BCUT2D eigenvalue weighted by Gasteiger charge is -2.45. The van der Waals surface area contributed by atoms with E-state index in [-0.39, 0.29) is 17.4 Å². The van der Waals surface area contributed by atoms with Crippen LogP contribution in [0.1, 0.15) is 50.0 Å². The molecule has 1 fully saturated rings. The number of halogens is 4. The Kier molecular flexibility index (Phi) is 5.50. The SMILES string of the molecule is CC(C)n1c(=O)n(-c2cccc(OC(F)F)c2)c2ccc(C(=O)NC3(C)CC(F)(F)C3)cc21. The van der Waals surface area contributed by atoms with E-state index in [9.17, 15) is 27.2 Å².